The first-order chi connectivity index (χ1) is 10.9. The molecule has 1 atom stereocenters. The fourth-order valence-corrected chi connectivity index (χ4v) is 2.90. The minimum absolute atomic E-state index is 0.222. The molecule has 1 aromatic carbocycles. The number of fused-ring (bicyclic) bond motifs is 1. The summed E-state index contributed by atoms with van der Waals surface area (Å²) in [6, 6.07) is 6.16. The number of thioether (sulfide) groups is 1. The summed E-state index contributed by atoms with van der Waals surface area (Å²) < 4.78 is 4.92. The number of imide groups is 1. The van der Waals surface area contributed by atoms with Gasteiger partial charge in [0.2, 0.25) is 5.91 Å². The quantitative estimate of drug-likeness (QED) is 0.760. The number of hydrogen-bond donors (Lipinski definition) is 2. The molecule has 0 aromatic heterocycles. The average Bonchev–Trinajstić information content (AvgIpc) is 2.49. The molecule has 122 valence electrons. The van der Waals surface area contributed by atoms with Crippen molar-refractivity contribution in [3.8, 4) is 0 Å². The Kier molecular flexibility index (Phi) is 5.22. The molecule has 0 spiro atoms. The van der Waals surface area contributed by atoms with E-state index in [1.54, 1.807) is 12.1 Å². The minimum Gasteiger partial charge on any atom is -0.451 e. The lowest BCUT2D eigenvalue weighted by Crippen LogP contribution is -2.44. The molecule has 3 N–H and O–H groups in total. The normalized spacial score (nSPS) is 14.7. The third kappa shape index (κ3) is 4.22. The van der Waals surface area contributed by atoms with Crippen LogP contribution >= 0.6 is 11.8 Å². The number of carbonyl (C=O) groups excluding carboxylic acids is 4. The Morgan fingerprint density at radius 3 is 2.78 bits per heavy atom. The number of anilines is 1. The second-order valence-corrected chi connectivity index (χ2v) is 5.74. The van der Waals surface area contributed by atoms with E-state index in [0.29, 0.717) is 5.69 Å². The van der Waals surface area contributed by atoms with Crippen molar-refractivity contribution in [3.63, 3.8) is 0 Å². The molecule has 0 saturated carbocycles. The number of esters is 1. The highest BCUT2D eigenvalue weighted by Gasteiger charge is 2.28. The molecule has 0 fully saturated rings. The maximum atomic E-state index is 12.0. The first kappa shape index (κ1) is 16.8. The van der Waals surface area contributed by atoms with Gasteiger partial charge in [0.1, 0.15) is 6.54 Å². The van der Waals surface area contributed by atoms with Gasteiger partial charge in [0.25, 0.3) is 5.91 Å². The third-order valence-corrected chi connectivity index (χ3v) is 4.07. The van der Waals surface area contributed by atoms with E-state index in [4.69, 9.17) is 10.5 Å². The number of para-hydroxylation sites is 1. The molecule has 23 heavy (non-hydrogen) atoms. The highest BCUT2D eigenvalue weighted by molar-refractivity contribution is 8.00. The van der Waals surface area contributed by atoms with Crippen LogP contribution in [0.3, 0.4) is 0 Å². The van der Waals surface area contributed by atoms with Crippen molar-refractivity contribution in [2.45, 2.75) is 17.9 Å². The number of nitrogens with one attached hydrogen (secondary N) is 1. The van der Waals surface area contributed by atoms with Gasteiger partial charge in [0.05, 0.1) is 11.4 Å². The summed E-state index contributed by atoms with van der Waals surface area (Å²) in [6.45, 7) is 0.989. The van der Waals surface area contributed by atoms with Crippen LogP contribution in [0.2, 0.25) is 0 Å². The highest BCUT2D eigenvalue weighted by atomic mass is 32.2. The van der Waals surface area contributed by atoms with Gasteiger partial charge in [-0.25, -0.2) is 4.79 Å². The van der Waals surface area contributed by atoms with Crippen molar-refractivity contribution >= 4 is 41.3 Å². The van der Waals surface area contributed by atoms with Gasteiger partial charge in [-0.15, -0.1) is 11.8 Å². The Balaban J connectivity index is 2.01. The predicted octanol–water partition coefficient (Wildman–Crippen LogP) is 0.252. The van der Waals surface area contributed by atoms with Crippen LogP contribution in [0.5, 0.6) is 0 Å². The Bertz CT molecular complexity index is 664. The monoisotopic (exact) mass is 337 g/mol. The molecule has 0 saturated heterocycles. The van der Waals surface area contributed by atoms with Crippen molar-refractivity contribution in [3.05, 3.63) is 24.3 Å². The molecule has 1 aliphatic heterocycles. The van der Waals surface area contributed by atoms with Gasteiger partial charge in [-0.2, -0.15) is 0 Å². The van der Waals surface area contributed by atoms with Crippen molar-refractivity contribution in [1.29, 1.82) is 0 Å². The van der Waals surface area contributed by atoms with Crippen LogP contribution in [0.15, 0.2) is 29.2 Å². The van der Waals surface area contributed by atoms with E-state index in [0.717, 1.165) is 4.90 Å². The van der Waals surface area contributed by atoms with Gasteiger partial charge < -0.3 is 10.5 Å². The van der Waals surface area contributed by atoms with Crippen molar-refractivity contribution in [2.24, 2.45) is 5.73 Å². The van der Waals surface area contributed by atoms with E-state index in [1.807, 2.05) is 17.4 Å². The molecule has 0 radical (unpaired) electrons. The number of ether oxygens (including phenoxy) is 1. The largest absolute Gasteiger partial charge is 0.451 e. The lowest BCUT2D eigenvalue weighted by Gasteiger charge is -2.28. The molecule has 1 aromatic rings. The van der Waals surface area contributed by atoms with E-state index in [1.165, 1.54) is 23.6 Å². The second kappa shape index (κ2) is 7.14. The molecule has 0 bridgehead atoms. The van der Waals surface area contributed by atoms with Crippen LogP contribution in [-0.2, 0) is 19.1 Å². The first-order valence-electron chi connectivity index (χ1n) is 6.70. The molecular formula is C14H15N3O5S. The Morgan fingerprint density at radius 2 is 2.09 bits per heavy atom. The van der Waals surface area contributed by atoms with E-state index in [-0.39, 0.29) is 18.2 Å². The summed E-state index contributed by atoms with van der Waals surface area (Å²) in [5.74, 6) is -1.58. The number of rotatable bonds is 4. The van der Waals surface area contributed by atoms with Crippen molar-refractivity contribution < 1.29 is 23.9 Å². The van der Waals surface area contributed by atoms with Gasteiger partial charge in [-0.05, 0) is 19.1 Å². The number of benzene rings is 1. The van der Waals surface area contributed by atoms with E-state index >= 15 is 0 Å². The van der Waals surface area contributed by atoms with Gasteiger partial charge in [-0.1, -0.05) is 12.1 Å². The number of nitrogens with zero attached hydrogens (tertiary/aromatic N) is 1. The Labute approximate surface area is 136 Å². The molecular weight excluding hydrogens is 322 g/mol. The van der Waals surface area contributed by atoms with Crippen LogP contribution in [0, 0.1) is 0 Å². The van der Waals surface area contributed by atoms with Gasteiger partial charge in [0.15, 0.2) is 6.10 Å². The van der Waals surface area contributed by atoms with Gasteiger partial charge >= 0.3 is 12.0 Å². The number of carbonyl (C=O) groups is 4. The fraction of sp³-hybridized carbons (Fsp3) is 0.286. The topological polar surface area (TPSA) is 119 Å². The zero-order chi connectivity index (χ0) is 17.0. The van der Waals surface area contributed by atoms with Crippen LogP contribution < -0.4 is 16.0 Å². The SMILES string of the molecule is C[C@H](OC(=O)CN1C(=O)CSc2ccccc21)C(=O)NC(N)=O. The molecule has 0 aliphatic carbocycles. The summed E-state index contributed by atoms with van der Waals surface area (Å²) in [5, 5.41) is 1.81. The summed E-state index contributed by atoms with van der Waals surface area (Å²) >= 11 is 1.39. The standard InChI is InChI=1S/C14H15N3O5S/c1-8(13(20)16-14(15)21)22-12(19)6-17-9-4-2-3-5-10(9)23-7-11(17)18/h2-5,8H,6-7H2,1H3,(H3,15,16,20,21)/t8-/m0/s1. The van der Waals surface area contributed by atoms with Gasteiger partial charge in [-0.3, -0.25) is 24.6 Å². The summed E-state index contributed by atoms with van der Waals surface area (Å²) in [4.78, 5) is 48.2. The molecule has 4 amide bonds. The highest BCUT2D eigenvalue weighted by Crippen LogP contribution is 2.34. The third-order valence-electron chi connectivity index (χ3n) is 3.02. The molecule has 1 aliphatic rings. The van der Waals surface area contributed by atoms with Crippen LogP contribution in [0.4, 0.5) is 10.5 Å². The summed E-state index contributed by atoms with van der Waals surface area (Å²) in [5.41, 5.74) is 5.44. The maximum absolute atomic E-state index is 12.0. The van der Waals surface area contributed by atoms with Crippen molar-refractivity contribution in [2.75, 3.05) is 17.2 Å². The van der Waals surface area contributed by atoms with Crippen LogP contribution in [0.25, 0.3) is 0 Å². The lowest BCUT2D eigenvalue weighted by atomic mass is 10.2. The summed E-state index contributed by atoms with van der Waals surface area (Å²) in [7, 11) is 0. The smallest absolute Gasteiger partial charge is 0.326 e. The minimum atomic E-state index is -1.19. The van der Waals surface area contributed by atoms with E-state index < -0.39 is 24.0 Å². The Morgan fingerprint density at radius 1 is 1.39 bits per heavy atom. The number of nitrogens with two attached hydrogens (primary N) is 1. The lowest BCUT2D eigenvalue weighted by molar-refractivity contribution is -0.153. The van der Waals surface area contributed by atoms with Crippen LogP contribution in [0.1, 0.15) is 6.92 Å². The molecule has 9 heteroatoms. The number of hydrogen-bond acceptors (Lipinski definition) is 6. The molecule has 2 rings (SSSR count). The van der Waals surface area contributed by atoms with Crippen LogP contribution in [-0.4, -0.2) is 42.2 Å². The predicted molar refractivity (Wildman–Crippen MR) is 82.8 cm³/mol. The average molecular weight is 337 g/mol. The zero-order valence-corrected chi connectivity index (χ0v) is 13.1. The second-order valence-electron chi connectivity index (χ2n) is 4.72. The number of urea groups is 1. The summed E-state index contributed by atoms with van der Waals surface area (Å²) in [6.07, 6.45) is -1.19. The van der Waals surface area contributed by atoms with E-state index in [2.05, 4.69) is 0 Å². The number of primary amides is 1. The molecule has 1 heterocycles. The van der Waals surface area contributed by atoms with Crippen molar-refractivity contribution in [1.82, 2.24) is 5.32 Å². The zero-order valence-electron chi connectivity index (χ0n) is 12.3. The fourth-order valence-electron chi connectivity index (χ4n) is 1.97. The Hall–Kier alpha value is -2.55. The molecule has 8 nitrogen and oxygen atoms in total. The van der Waals surface area contributed by atoms with E-state index in [9.17, 15) is 19.2 Å². The number of amides is 4. The maximum Gasteiger partial charge on any atom is 0.326 e. The van der Waals surface area contributed by atoms with Gasteiger partial charge in [0, 0.05) is 4.90 Å². The molecule has 0 unspecified atom stereocenters. The first-order valence-corrected chi connectivity index (χ1v) is 7.69.